The van der Waals surface area contributed by atoms with E-state index in [1.54, 1.807) is 19.2 Å². The van der Waals surface area contributed by atoms with Crippen molar-refractivity contribution in [2.24, 2.45) is 0 Å². The zero-order chi connectivity index (χ0) is 14.0. The van der Waals surface area contributed by atoms with E-state index < -0.39 is 5.82 Å². The standard InChI is InChI=1S/C16H15FO2/c1-10-6-11(2)16(15(7-10)19-3)13-5-4-12(9-18)8-14(13)17/h4-9H,1-3H3. The normalized spacial score (nSPS) is 10.3. The molecule has 0 fully saturated rings. The van der Waals surface area contributed by atoms with Crippen LogP contribution in [0.3, 0.4) is 0 Å². The largest absolute Gasteiger partial charge is 0.496 e. The van der Waals surface area contributed by atoms with Crippen molar-refractivity contribution in [2.45, 2.75) is 13.8 Å². The minimum atomic E-state index is -0.421. The zero-order valence-corrected chi connectivity index (χ0v) is 11.2. The Kier molecular flexibility index (Phi) is 3.65. The topological polar surface area (TPSA) is 26.3 Å². The number of methoxy groups -OCH3 is 1. The van der Waals surface area contributed by atoms with E-state index >= 15 is 0 Å². The van der Waals surface area contributed by atoms with E-state index in [-0.39, 0.29) is 0 Å². The summed E-state index contributed by atoms with van der Waals surface area (Å²) < 4.78 is 19.4. The van der Waals surface area contributed by atoms with Gasteiger partial charge in [0.25, 0.3) is 0 Å². The molecule has 98 valence electrons. The van der Waals surface area contributed by atoms with Gasteiger partial charge in [-0.1, -0.05) is 18.2 Å². The minimum Gasteiger partial charge on any atom is -0.496 e. The van der Waals surface area contributed by atoms with Gasteiger partial charge in [0, 0.05) is 16.7 Å². The summed E-state index contributed by atoms with van der Waals surface area (Å²) >= 11 is 0. The smallest absolute Gasteiger partial charge is 0.150 e. The summed E-state index contributed by atoms with van der Waals surface area (Å²) in [4.78, 5) is 10.6. The second kappa shape index (κ2) is 5.22. The van der Waals surface area contributed by atoms with Crippen LogP contribution in [0.2, 0.25) is 0 Å². The molecule has 2 rings (SSSR count). The van der Waals surface area contributed by atoms with Gasteiger partial charge in [-0.15, -0.1) is 0 Å². The predicted molar refractivity (Wildman–Crippen MR) is 73.2 cm³/mol. The quantitative estimate of drug-likeness (QED) is 0.780. The lowest BCUT2D eigenvalue weighted by atomic mass is 9.96. The van der Waals surface area contributed by atoms with Crippen LogP contribution in [0.5, 0.6) is 5.75 Å². The SMILES string of the molecule is COc1cc(C)cc(C)c1-c1ccc(C=O)cc1F. The molecule has 2 aromatic rings. The summed E-state index contributed by atoms with van der Waals surface area (Å²) in [5, 5.41) is 0. The summed E-state index contributed by atoms with van der Waals surface area (Å²) in [5.74, 6) is 0.213. The number of rotatable bonds is 3. The number of carbonyl (C=O) groups excluding carboxylic acids is 1. The molecule has 0 atom stereocenters. The average Bonchev–Trinajstić information content (AvgIpc) is 2.38. The molecule has 0 saturated carbocycles. The second-order valence-electron chi connectivity index (χ2n) is 4.52. The van der Waals surface area contributed by atoms with E-state index in [2.05, 4.69) is 0 Å². The Morgan fingerprint density at radius 3 is 2.47 bits per heavy atom. The summed E-state index contributed by atoms with van der Waals surface area (Å²) in [6.45, 7) is 3.88. The molecule has 3 heteroatoms. The third-order valence-corrected chi connectivity index (χ3v) is 3.06. The third kappa shape index (κ3) is 2.50. The molecule has 0 saturated heterocycles. The minimum absolute atomic E-state index is 0.324. The molecule has 0 amide bonds. The monoisotopic (exact) mass is 258 g/mol. The van der Waals surface area contributed by atoms with Crippen LogP contribution in [0.25, 0.3) is 11.1 Å². The van der Waals surface area contributed by atoms with Crippen molar-refractivity contribution in [3.8, 4) is 16.9 Å². The number of hydrogen-bond acceptors (Lipinski definition) is 2. The van der Waals surface area contributed by atoms with Crippen molar-refractivity contribution in [1.82, 2.24) is 0 Å². The number of halogens is 1. The molecular weight excluding hydrogens is 243 g/mol. The second-order valence-corrected chi connectivity index (χ2v) is 4.52. The Morgan fingerprint density at radius 2 is 1.89 bits per heavy atom. The number of aryl methyl sites for hydroxylation is 2. The van der Waals surface area contributed by atoms with E-state index in [1.807, 2.05) is 26.0 Å². The lowest BCUT2D eigenvalue weighted by Crippen LogP contribution is -1.95. The van der Waals surface area contributed by atoms with Crippen LogP contribution in [0.1, 0.15) is 21.5 Å². The van der Waals surface area contributed by atoms with Crippen LogP contribution < -0.4 is 4.74 Å². The Labute approximate surface area is 111 Å². The summed E-state index contributed by atoms with van der Waals surface area (Å²) in [6, 6.07) is 8.30. The van der Waals surface area contributed by atoms with Crippen molar-refractivity contribution in [3.63, 3.8) is 0 Å². The molecule has 0 N–H and O–H groups in total. The molecule has 0 aliphatic heterocycles. The molecule has 0 aromatic heterocycles. The molecule has 0 unspecified atom stereocenters. The first-order valence-corrected chi connectivity index (χ1v) is 5.97. The molecule has 0 aliphatic rings. The fourth-order valence-corrected chi connectivity index (χ4v) is 2.24. The van der Waals surface area contributed by atoms with Gasteiger partial charge in [0.05, 0.1) is 7.11 Å². The van der Waals surface area contributed by atoms with Crippen molar-refractivity contribution in [1.29, 1.82) is 0 Å². The molecule has 0 spiro atoms. The number of hydrogen-bond donors (Lipinski definition) is 0. The highest BCUT2D eigenvalue weighted by Gasteiger charge is 2.14. The van der Waals surface area contributed by atoms with Crippen LogP contribution in [0.4, 0.5) is 4.39 Å². The number of carbonyl (C=O) groups is 1. The maximum Gasteiger partial charge on any atom is 0.150 e. The van der Waals surface area contributed by atoms with Crippen LogP contribution >= 0.6 is 0 Å². The fourth-order valence-electron chi connectivity index (χ4n) is 2.24. The zero-order valence-electron chi connectivity index (χ0n) is 11.2. The van der Waals surface area contributed by atoms with E-state index in [0.29, 0.717) is 23.2 Å². The summed E-state index contributed by atoms with van der Waals surface area (Å²) in [7, 11) is 1.56. The van der Waals surface area contributed by atoms with E-state index in [0.717, 1.165) is 16.7 Å². The van der Waals surface area contributed by atoms with E-state index in [9.17, 15) is 9.18 Å². The van der Waals surface area contributed by atoms with Gasteiger partial charge in [0.1, 0.15) is 17.9 Å². The lowest BCUT2D eigenvalue weighted by Gasteiger charge is -2.14. The van der Waals surface area contributed by atoms with Crippen LogP contribution in [0, 0.1) is 19.7 Å². The predicted octanol–water partition coefficient (Wildman–Crippen LogP) is 3.93. The van der Waals surface area contributed by atoms with Gasteiger partial charge in [-0.2, -0.15) is 0 Å². The van der Waals surface area contributed by atoms with Gasteiger partial charge >= 0.3 is 0 Å². The fraction of sp³-hybridized carbons (Fsp3) is 0.188. The van der Waals surface area contributed by atoms with Gasteiger partial charge in [-0.25, -0.2) is 4.39 Å². The summed E-state index contributed by atoms with van der Waals surface area (Å²) in [5.41, 5.74) is 3.49. The lowest BCUT2D eigenvalue weighted by molar-refractivity contribution is 0.112. The van der Waals surface area contributed by atoms with Crippen LogP contribution in [-0.4, -0.2) is 13.4 Å². The number of aldehydes is 1. The van der Waals surface area contributed by atoms with Crippen LogP contribution in [-0.2, 0) is 0 Å². The summed E-state index contributed by atoms with van der Waals surface area (Å²) in [6.07, 6.45) is 0.631. The molecule has 19 heavy (non-hydrogen) atoms. The van der Waals surface area contributed by atoms with E-state index in [4.69, 9.17) is 4.74 Å². The van der Waals surface area contributed by atoms with Gasteiger partial charge in [0.15, 0.2) is 0 Å². The Morgan fingerprint density at radius 1 is 1.16 bits per heavy atom. The van der Waals surface area contributed by atoms with Gasteiger partial charge in [-0.05, 0) is 37.1 Å². The van der Waals surface area contributed by atoms with Gasteiger partial charge in [0.2, 0.25) is 0 Å². The Hall–Kier alpha value is -2.16. The molecule has 0 bridgehead atoms. The van der Waals surface area contributed by atoms with Crippen LogP contribution in [0.15, 0.2) is 30.3 Å². The first kappa shape index (κ1) is 13.3. The first-order chi connectivity index (χ1) is 9.06. The van der Waals surface area contributed by atoms with Crippen molar-refractivity contribution < 1.29 is 13.9 Å². The maximum atomic E-state index is 14.1. The Balaban J connectivity index is 2.68. The molecule has 0 aliphatic carbocycles. The molecule has 0 heterocycles. The van der Waals surface area contributed by atoms with Crippen molar-refractivity contribution >= 4 is 6.29 Å². The van der Waals surface area contributed by atoms with E-state index in [1.165, 1.54) is 6.07 Å². The van der Waals surface area contributed by atoms with Crippen molar-refractivity contribution in [3.05, 3.63) is 52.8 Å². The number of benzene rings is 2. The van der Waals surface area contributed by atoms with Gasteiger partial charge < -0.3 is 4.74 Å². The highest BCUT2D eigenvalue weighted by Crippen LogP contribution is 2.35. The first-order valence-electron chi connectivity index (χ1n) is 5.97. The molecule has 0 radical (unpaired) electrons. The highest BCUT2D eigenvalue weighted by atomic mass is 19.1. The third-order valence-electron chi connectivity index (χ3n) is 3.06. The van der Waals surface area contributed by atoms with Gasteiger partial charge in [-0.3, -0.25) is 4.79 Å². The Bertz CT molecular complexity index is 633. The molecular formula is C16H15FO2. The highest BCUT2D eigenvalue weighted by molar-refractivity contribution is 5.80. The number of ether oxygens (including phenoxy) is 1. The maximum absolute atomic E-state index is 14.1. The molecule has 2 aromatic carbocycles. The van der Waals surface area contributed by atoms with Crippen molar-refractivity contribution in [2.75, 3.05) is 7.11 Å². The average molecular weight is 258 g/mol. The molecule has 2 nitrogen and oxygen atoms in total.